The Morgan fingerprint density at radius 1 is 0.344 bits per heavy atom. The van der Waals surface area contributed by atoms with E-state index in [1.54, 1.807) is 0 Å². The Balaban J connectivity index is 4.27. The highest BCUT2D eigenvalue weighted by molar-refractivity contribution is 5.69. The van der Waals surface area contributed by atoms with Gasteiger partial charge < -0.3 is 14.2 Å². The second-order valence-corrected chi connectivity index (χ2v) is 18.8. The third-order valence-corrected chi connectivity index (χ3v) is 12.4. The average molecular weight is 898 g/mol. The second-order valence-electron chi connectivity index (χ2n) is 18.8. The van der Waals surface area contributed by atoms with Gasteiger partial charge in [0.05, 0.1) is 0 Å². The molecule has 0 aliphatic carbocycles. The SMILES string of the molecule is CC/C=C\C/C=C\C/C=C\C/C=C\CCCCC(=O)OC[C@H](COC(=O)CCCCCCCCCCCCCCCCCCC)OCCCCCCCCCCCCCCCCCC. The van der Waals surface area contributed by atoms with Crippen LogP contribution < -0.4 is 0 Å². The molecule has 0 aliphatic rings. The fourth-order valence-electron chi connectivity index (χ4n) is 8.18. The van der Waals surface area contributed by atoms with Gasteiger partial charge in [-0.2, -0.15) is 0 Å². The van der Waals surface area contributed by atoms with Crippen molar-refractivity contribution in [1.29, 1.82) is 0 Å². The van der Waals surface area contributed by atoms with Crippen molar-refractivity contribution in [3.8, 4) is 0 Å². The van der Waals surface area contributed by atoms with Crippen LogP contribution in [0.25, 0.3) is 0 Å². The van der Waals surface area contributed by atoms with Gasteiger partial charge in [-0.3, -0.25) is 9.59 Å². The molecule has 0 rings (SSSR count). The van der Waals surface area contributed by atoms with E-state index in [-0.39, 0.29) is 25.2 Å². The molecule has 5 nitrogen and oxygen atoms in total. The van der Waals surface area contributed by atoms with Crippen molar-refractivity contribution in [2.45, 2.75) is 297 Å². The number of hydrogen-bond donors (Lipinski definition) is 0. The van der Waals surface area contributed by atoms with E-state index in [9.17, 15) is 9.59 Å². The molecule has 0 saturated carbocycles. The number of carbonyl (C=O) groups excluding carboxylic acids is 2. The van der Waals surface area contributed by atoms with E-state index in [4.69, 9.17) is 14.2 Å². The summed E-state index contributed by atoms with van der Waals surface area (Å²) in [7, 11) is 0. The average Bonchev–Trinajstić information content (AvgIpc) is 3.30. The fourth-order valence-corrected chi connectivity index (χ4v) is 8.18. The molecular formula is C59H108O5. The standard InChI is InChI=1S/C59H108O5/c1-4-7-10-13-16-19-22-25-28-30-32-35-38-41-44-47-50-53-59(61)64-56-57(62-54-51-48-45-42-39-36-33-29-26-23-20-17-14-11-8-5-2)55-63-58(60)52-49-46-43-40-37-34-31-27-24-21-18-15-12-9-6-3/h9,12,18,21,27,31,37,40,57H,4-8,10-11,13-17,19-20,22-26,28-30,32-36,38-39,41-56H2,1-3H3/b12-9-,21-18-,31-27-,40-37-/t57-/m1/s1. The summed E-state index contributed by atoms with van der Waals surface area (Å²) >= 11 is 0. The van der Waals surface area contributed by atoms with Crippen molar-refractivity contribution in [3.63, 3.8) is 0 Å². The summed E-state index contributed by atoms with van der Waals surface area (Å²) in [4.78, 5) is 25.3. The minimum atomic E-state index is -0.413. The Kier molecular flexibility index (Phi) is 53.3. The maximum atomic E-state index is 12.6. The zero-order valence-corrected chi connectivity index (χ0v) is 43.1. The molecule has 0 fully saturated rings. The van der Waals surface area contributed by atoms with Gasteiger partial charge in [-0.25, -0.2) is 0 Å². The molecule has 0 saturated heterocycles. The molecule has 0 aromatic rings. The smallest absolute Gasteiger partial charge is 0.305 e. The summed E-state index contributed by atoms with van der Waals surface area (Å²) in [6.07, 6.45) is 68.7. The number of allylic oxidation sites excluding steroid dienone is 8. The monoisotopic (exact) mass is 897 g/mol. The molecule has 0 aromatic heterocycles. The lowest BCUT2D eigenvalue weighted by molar-refractivity contribution is -0.155. The predicted molar refractivity (Wildman–Crippen MR) is 279 cm³/mol. The molecule has 374 valence electrons. The Morgan fingerprint density at radius 2 is 0.641 bits per heavy atom. The first-order valence-electron chi connectivity index (χ1n) is 28.2. The minimum absolute atomic E-state index is 0.140. The lowest BCUT2D eigenvalue weighted by atomic mass is 10.0. The van der Waals surface area contributed by atoms with Gasteiger partial charge in [-0.15, -0.1) is 0 Å². The largest absolute Gasteiger partial charge is 0.463 e. The highest BCUT2D eigenvalue weighted by Crippen LogP contribution is 2.16. The normalized spacial score (nSPS) is 12.5. The van der Waals surface area contributed by atoms with Crippen molar-refractivity contribution in [1.82, 2.24) is 0 Å². The number of rotatable bonds is 52. The quantitative estimate of drug-likeness (QED) is 0.0346. The van der Waals surface area contributed by atoms with E-state index >= 15 is 0 Å². The molecule has 0 aromatic carbocycles. The number of unbranched alkanes of at least 4 members (excludes halogenated alkanes) is 33. The molecule has 0 radical (unpaired) electrons. The number of hydrogen-bond acceptors (Lipinski definition) is 5. The van der Waals surface area contributed by atoms with Crippen molar-refractivity contribution in [2.75, 3.05) is 19.8 Å². The topological polar surface area (TPSA) is 61.8 Å². The van der Waals surface area contributed by atoms with Crippen molar-refractivity contribution in [3.05, 3.63) is 48.6 Å². The molecule has 0 amide bonds. The zero-order valence-electron chi connectivity index (χ0n) is 43.1. The lowest BCUT2D eigenvalue weighted by Crippen LogP contribution is -2.29. The van der Waals surface area contributed by atoms with Crippen LogP contribution in [-0.4, -0.2) is 37.9 Å². The van der Waals surface area contributed by atoms with Crippen LogP contribution in [0.1, 0.15) is 290 Å². The minimum Gasteiger partial charge on any atom is -0.463 e. The van der Waals surface area contributed by atoms with E-state index < -0.39 is 6.10 Å². The Bertz CT molecular complexity index is 1060. The van der Waals surface area contributed by atoms with Crippen LogP contribution in [0.15, 0.2) is 48.6 Å². The Hall–Kier alpha value is -2.14. The van der Waals surface area contributed by atoms with Gasteiger partial charge in [0.15, 0.2) is 0 Å². The van der Waals surface area contributed by atoms with Crippen LogP contribution in [0.3, 0.4) is 0 Å². The Labute approximate surface area is 399 Å². The third kappa shape index (κ3) is 52.5. The van der Waals surface area contributed by atoms with Gasteiger partial charge in [-0.1, -0.05) is 268 Å². The van der Waals surface area contributed by atoms with Gasteiger partial charge in [0.1, 0.15) is 19.3 Å². The highest BCUT2D eigenvalue weighted by Gasteiger charge is 2.16. The van der Waals surface area contributed by atoms with Crippen molar-refractivity contribution in [2.24, 2.45) is 0 Å². The first-order valence-corrected chi connectivity index (χ1v) is 28.2. The number of esters is 2. The molecule has 0 heterocycles. The third-order valence-electron chi connectivity index (χ3n) is 12.4. The molecule has 0 bridgehead atoms. The lowest BCUT2D eigenvalue weighted by Gasteiger charge is -2.18. The molecule has 0 N–H and O–H groups in total. The number of carbonyl (C=O) groups is 2. The fraction of sp³-hybridized carbons (Fsp3) is 0.831. The first kappa shape index (κ1) is 61.9. The molecular weight excluding hydrogens is 789 g/mol. The van der Waals surface area contributed by atoms with Crippen LogP contribution in [0.5, 0.6) is 0 Å². The summed E-state index contributed by atoms with van der Waals surface area (Å²) in [6, 6.07) is 0. The van der Waals surface area contributed by atoms with E-state index in [0.29, 0.717) is 19.4 Å². The Morgan fingerprint density at radius 3 is 1.00 bits per heavy atom. The maximum absolute atomic E-state index is 12.6. The summed E-state index contributed by atoms with van der Waals surface area (Å²) < 4.78 is 17.5. The second kappa shape index (κ2) is 55.2. The summed E-state index contributed by atoms with van der Waals surface area (Å²) in [6.45, 7) is 7.62. The highest BCUT2D eigenvalue weighted by atomic mass is 16.6. The zero-order chi connectivity index (χ0) is 46.3. The van der Waals surface area contributed by atoms with E-state index in [0.717, 1.165) is 70.6 Å². The van der Waals surface area contributed by atoms with E-state index in [1.807, 2.05) is 0 Å². The summed E-state index contributed by atoms with van der Waals surface area (Å²) in [5, 5.41) is 0. The van der Waals surface area contributed by atoms with E-state index in [1.165, 1.54) is 186 Å². The molecule has 64 heavy (non-hydrogen) atoms. The van der Waals surface area contributed by atoms with Gasteiger partial charge in [-0.05, 0) is 57.8 Å². The predicted octanol–water partition coefficient (Wildman–Crippen LogP) is 19.1. The number of ether oxygens (including phenoxy) is 3. The van der Waals surface area contributed by atoms with Gasteiger partial charge >= 0.3 is 11.9 Å². The summed E-state index contributed by atoms with van der Waals surface area (Å²) in [5.41, 5.74) is 0. The molecule has 0 aliphatic heterocycles. The van der Waals surface area contributed by atoms with Gasteiger partial charge in [0.2, 0.25) is 0 Å². The maximum Gasteiger partial charge on any atom is 0.305 e. The van der Waals surface area contributed by atoms with Gasteiger partial charge in [0.25, 0.3) is 0 Å². The van der Waals surface area contributed by atoms with Crippen LogP contribution in [0, 0.1) is 0 Å². The van der Waals surface area contributed by atoms with Crippen LogP contribution in [0.4, 0.5) is 0 Å². The molecule has 0 unspecified atom stereocenters. The summed E-state index contributed by atoms with van der Waals surface area (Å²) in [5.74, 6) is -0.366. The van der Waals surface area contributed by atoms with Crippen LogP contribution in [0.2, 0.25) is 0 Å². The molecule has 1 atom stereocenters. The first-order chi connectivity index (χ1) is 31.6. The molecule has 0 spiro atoms. The van der Waals surface area contributed by atoms with Crippen molar-refractivity contribution >= 4 is 11.9 Å². The van der Waals surface area contributed by atoms with Gasteiger partial charge in [0, 0.05) is 19.4 Å². The molecule has 5 heteroatoms. The van der Waals surface area contributed by atoms with E-state index in [2.05, 4.69) is 69.4 Å². The van der Waals surface area contributed by atoms with Crippen LogP contribution in [-0.2, 0) is 23.8 Å². The van der Waals surface area contributed by atoms with Crippen molar-refractivity contribution < 1.29 is 23.8 Å². The van der Waals surface area contributed by atoms with Crippen LogP contribution >= 0.6 is 0 Å².